The number of H-pyrrole nitrogens is 1. The standard InChI is InChI=1S/C7H8N2O/c1-3-6-4-8-7(10)5(2)9-6/h3-4H,1H2,2H3,(H,8,10). The van der Waals surface area contributed by atoms with Gasteiger partial charge < -0.3 is 4.98 Å². The lowest BCUT2D eigenvalue weighted by Crippen LogP contribution is -2.11. The van der Waals surface area contributed by atoms with Crippen LogP contribution in [0.3, 0.4) is 0 Å². The molecule has 1 N–H and O–H groups in total. The fourth-order valence-electron chi connectivity index (χ4n) is 0.625. The maximum absolute atomic E-state index is 10.7. The molecular weight excluding hydrogens is 128 g/mol. The predicted octanol–water partition coefficient (Wildman–Crippen LogP) is 0.721. The van der Waals surface area contributed by atoms with E-state index >= 15 is 0 Å². The van der Waals surface area contributed by atoms with Crippen LogP contribution in [0, 0.1) is 6.92 Å². The first kappa shape index (κ1) is 6.74. The van der Waals surface area contributed by atoms with Crippen molar-refractivity contribution < 1.29 is 0 Å². The molecule has 0 amide bonds. The Labute approximate surface area is 58.4 Å². The lowest BCUT2D eigenvalue weighted by molar-refractivity contribution is 1.05. The van der Waals surface area contributed by atoms with Crippen LogP contribution in [0.15, 0.2) is 17.6 Å². The molecule has 0 spiro atoms. The monoisotopic (exact) mass is 136 g/mol. The molecule has 0 saturated heterocycles. The van der Waals surface area contributed by atoms with Crippen molar-refractivity contribution >= 4 is 6.08 Å². The van der Waals surface area contributed by atoms with E-state index in [-0.39, 0.29) is 5.56 Å². The van der Waals surface area contributed by atoms with Crippen LogP contribution < -0.4 is 5.56 Å². The Bertz CT molecular complexity index is 301. The molecule has 1 aromatic rings. The molecule has 52 valence electrons. The normalized spacial score (nSPS) is 9.30. The van der Waals surface area contributed by atoms with Crippen LogP contribution in [-0.2, 0) is 0 Å². The summed E-state index contributed by atoms with van der Waals surface area (Å²) in [6.07, 6.45) is 3.12. The number of rotatable bonds is 1. The van der Waals surface area contributed by atoms with Gasteiger partial charge in [0.05, 0.1) is 5.69 Å². The summed E-state index contributed by atoms with van der Waals surface area (Å²) >= 11 is 0. The summed E-state index contributed by atoms with van der Waals surface area (Å²) in [6.45, 7) is 5.18. The first-order valence-corrected chi connectivity index (χ1v) is 2.93. The van der Waals surface area contributed by atoms with Gasteiger partial charge in [-0.2, -0.15) is 0 Å². The van der Waals surface area contributed by atoms with Crippen molar-refractivity contribution in [2.24, 2.45) is 0 Å². The van der Waals surface area contributed by atoms with Gasteiger partial charge in [0, 0.05) is 6.20 Å². The van der Waals surface area contributed by atoms with Gasteiger partial charge in [0.2, 0.25) is 0 Å². The average molecular weight is 136 g/mol. The zero-order chi connectivity index (χ0) is 7.56. The van der Waals surface area contributed by atoms with E-state index in [2.05, 4.69) is 16.5 Å². The molecular formula is C7H8N2O. The van der Waals surface area contributed by atoms with Gasteiger partial charge in [-0.25, -0.2) is 4.98 Å². The fraction of sp³-hybridized carbons (Fsp3) is 0.143. The second-order valence-corrected chi connectivity index (χ2v) is 1.94. The number of nitrogens with zero attached hydrogens (tertiary/aromatic N) is 1. The molecule has 0 radical (unpaired) electrons. The van der Waals surface area contributed by atoms with E-state index < -0.39 is 0 Å². The molecule has 1 rings (SSSR count). The fourth-order valence-corrected chi connectivity index (χ4v) is 0.625. The zero-order valence-corrected chi connectivity index (χ0v) is 5.72. The van der Waals surface area contributed by atoms with Gasteiger partial charge in [-0.1, -0.05) is 6.58 Å². The summed E-state index contributed by atoms with van der Waals surface area (Å²) in [5.41, 5.74) is 1.01. The van der Waals surface area contributed by atoms with E-state index in [9.17, 15) is 4.79 Å². The first-order valence-electron chi connectivity index (χ1n) is 2.93. The second-order valence-electron chi connectivity index (χ2n) is 1.94. The van der Waals surface area contributed by atoms with Gasteiger partial charge >= 0.3 is 0 Å². The van der Waals surface area contributed by atoms with Gasteiger partial charge in [-0.3, -0.25) is 4.79 Å². The predicted molar refractivity (Wildman–Crippen MR) is 39.7 cm³/mol. The Hall–Kier alpha value is -1.38. The number of aromatic amines is 1. The molecule has 0 saturated carbocycles. The van der Waals surface area contributed by atoms with E-state index in [1.54, 1.807) is 13.0 Å². The lowest BCUT2D eigenvalue weighted by Gasteiger charge is -1.91. The molecule has 0 bridgehead atoms. The van der Waals surface area contributed by atoms with Crippen LogP contribution in [0.5, 0.6) is 0 Å². The van der Waals surface area contributed by atoms with Crippen molar-refractivity contribution in [2.45, 2.75) is 6.92 Å². The summed E-state index contributed by atoms with van der Waals surface area (Å²) in [7, 11) is 0. The number of aryl methyl sites for hydroxylation is 1. The lowest BCUT2D eigenvalue weighted by atomic mass is 10.4. The topological polar surface area (TPSA) is 45.8 Å². The van der Waals surface area contributed by atoms with Crippen molar-refractivity contribution in [3.63, 3.8) is 0 Å². The summed E-state index contributed by atoms with van der Waals surface area (Å²) < 4.78 is 0. The highest BCUT2D eigenvalue weighted by molar-refractivity contribution is 5.39. The van der Waals surface area contributed by atoms with Crippen molar-refractivity contribution in [2.75, 3.05) is 0 Å². The highest BCUT2D eigenvalue weighted by atomic mass is 16.1. The molecule has 3 nitrogen and oxygen atoms in total. The number of hydrogen-bond donors (Lipinski definition) is 1. The summed E-state index contributed by atoms with van der Waals surface area (Å²) in [4.78, 5) is 17.2. The minimum atomic E-state index is -0.148. The maximum atomic E-state index is 10.7. The van der Waals surface area contributed by atoms with Crippen LogP contribution in [0.4, 0.5) is 0 Å². The number of aromatic nitrogens is 2. The van der Waals surface area contributed by atoms with E-state index in [0.29, 0.717) is 11.4 Å². The summed E-state index contributed by atoms with van der Waals surface area (Å²) in [5, 5.41) is 0. The highest BCUT2D eigenvalue weighted by Gasteiger charge is 1.92. The van der Waals surface area contributed by atoms with E-state index in [0.717, 1.165) is 0 Å². The van der Waals surface area contributed by atoms with Crippen molar-refractivity contribution in [1.29, 1.82) is 0 Å². The number of hydrogen-bond acceptors (Lipinski definition) is 2. The SMILES string of the molecule is C=Cc1c[nH]c(=O)c(C)n1. The molecule has 0 atom stereocenters. The summed E-state index contributed by atoms with van der Waals surface area (Å²) in [5.74, 6) is 0. The Kier molecular flexibility index (Phi) is 1.67. The second kappa shape index (κ2) is 2.47. The Balaban J connectivity index is 3.29. The molecule has 1 aromatic heterocycles. The third kappa shape index (κ3) is 1.13. The number of nitrogens with one attached hydrogen (secondary N) is 1. The Morgan fingerprint density at radius 1 is 1.80 bits per heavy atom. The molecule has 0 aliphatic carbocycles. The molecule has 0 aliphatic rings. The quantitative estimate of drug-likeness (QED) is 0.618. The summed E-state index contributed by atoms with van der Waals surface area (Å²) in [6, 6.07) is 0. The maximum Gasteiger partial charge on any atom is 0.269 e. The van der Waals surface area contributed by atoms with Gasteiger partial charge in [0.25, 0.3) is 5.56 Å². The van der Waals surface area contributed by atoms with Crippen LogP contribution >= 0.6 is 0 Å². The Morgan fingerprint density at radius 3 is 3.00 bits per heavy atom. The van der Waals surface area contributed by atoms with E-state index in [1.165, 1.54) is 6.20 Å². The third-order valence-electron chi connectivity index (χ3n) is 1.19. The molecule has 3 heteroatoms. The smallest absolute Gasteiger partial charge is 0.269 e. The Morgan fingerprint density at radius 2 is 2.50 bits per heavy atom. The molecule has 0 fully saturated rings. The van der Waals surface area contributed by atoms with Gasteiger partial charge in [-0.15, -0.1) is 0 Å². The molecule has 0 aromatic carbocycles. The molecule has 10 heavy (non-hydrogen) atoms. The zero-order valence-electron chi connectivity index (χ0n) is 5.72. The van der Waals surface area contributed by atoms with Crippen molar-refractivity contribution in [3.05, 3.63) is 34.5 Å². The van der Waals surface area contributed by atoms with Crippen LogP contribution in [0.1, 0.15) is 11.4 Å². The first-order chi connectivity index (χ1) is 4.74. The average Bonchev–Trinajstić information content (AvgIpc) is 1.95. The highest BCUT2D eigenvalue weighted by Crippen LogP contribution is 1.90. The van der Waals surface area contributed by atoms with Crippen LogP contribution in [-0.4, -0.2) is 9.97 Å². The van der Waals surface area contributed by atoms with Crippen LogP contribution in [0.2, 0.25) is 0 Å². The van der Waals surface area contributed by atoms with E-state index in [4.69, 9.17) is 0 Å². The molecule has 0 aliphatic heterocycles. The molecule has 1 heterocycles. The van der Waals surface area contributed by atoms with Gasteiger partial charge in [0.1, 0.15) is 5.69 Å². The van der Waals surface area contributed by atoms with Gasteiger partial charge in [0.15, 0.2) is 0 Å². The molecule has 0 unspecified atom stereocenters. The van der Waals surface area contributed by atoms with Crippen molar-refractivity contribution in [1.82, 2.24) is 9.97 Å². The van der Waals surface area contributed by atoms with E-state index in [1.807, 2.05) is 0 Å². The van der Waals surface area contributed by atoms with Crippen LogP contribution in [0.25, 0.3) is 6.08 Å². The van der Waals surface area contributed by atoms with Crippen molar-refractivity contribution in [3.8, 4) is 0 Å². The minimum Gasteiger partial charge on any atom is -0.325 e. The largest absolute Gasteiger partial charge is 0.325 e. The minimum absolute atomic E-state index is 0.148. The van der Waals surface area contributed by atoms with Gasteiger partial charge in [-0.05, 0) is 13.0 Å². The third-order valence-corrected chi connectivity index (χ3v) is 1.19.